The fourth-order valence-electron chi connectivity index (χ4n) is 3.05. The first-order valence-electron chi connectivity index (χ1n) is 8.63. The first-order chi connectivity index (χ1) is 11.5. The zero-order valence-corrected chi connectivity index (χ0v) is 15.2. The van der Waals surface area contributed by atoms with E-state index in [0.717, 1.165) is 30.8 Å². The molecule has 3 heteroatoms. The molecule has 0 aromatic heterocycles. The number of carbonyl (C=O) groups is 1. The second-order valence-electron chi connectivity index (χ2n) is 6.57. The molecule has 0 bridgehead atoms. The van der Waals surface area contributed by atoms with Crippen molar-refractivity contribution >= 4 is 11.6 Å². The highest BCUT2D eigenvalue weighted by atomic mass is 16.2. The Balaban J connectivity index is 2.02. The Hall–Kier alpha value is -2.13. The summed E-state index contributed by atoms with van der Waals surface area (Å²) in [6.45, 7) is 10.5. The van der Waals surface area contributed by atoms with Crippen molar-refractivity contribution in [3.8, 4) is 0 Å². The Morgan fingerprint density at radius 2 is 1.71 bits per heavy atom. The third kappa shape index (κ3) is 5.50. The van der Waals surface area contributed by atoms with Gasteiger partial charge in [0.15, 0.2) is 0 Å². The molecule has 1 N–H and O–H groups in total. The molecule has 0 fully saturated rings. The molecule has 0 saturated heterocycles. The minimum Gasteiger partial charge on any atom is -0.325 e. The van der Waals surface area contributed by atoms with E-state index in [4.69, 9.17) is 0 Å². The summed E-state index contributed by atoms with van der Waals surface area (Å²) in [5.41, 5.74) is 5.79. The minimum atomic E-state index is 0.0436. The third-order valence-electron chi connectivity index (χ3n) is 4.01. The van der Waals surface area contributed by atoms with Crippen LogP contribution in [0.2, 0.25) is 0 Å². The first-order valence-corrected chi connectivity index (χ1v) is 8.63. The molecule has 2 aromatic carbocycles. The second-order valence-corrected chi connectivity index (χ2v) is 6.57. The molecule has 0 spiro atoms. The SMILES string of the molecule is CCCN(CC(=O)Nc1ccccc1C)Cc1cc(C)cc(C)c1. The standard InChI is InChI=1S/C21H28N2O/c1-5-10-23(14-19-12-16(2)11-17(3)13-19)15-21(24)22-20-9-7-6-8-18(20)4/h6-9,11-13H,5,10,14-15H2,1-4H3,(H,22,24). The predicted octanol–water partition coefficient (Wildman–Crippen LogP) is 4.46. The molecular formula is C21H28N2O. The lowest BCUT2D eigenvalue weighted by Gasteiger charge is -2.22. The fourth-order valence-corrected chi connectivity index (χ4v) is 3.05. The Morgan fingerprint density at radius 3 is 2.33 bits per heavy atom. The molecular weight excluding hydrogens is 296 g/mol. The summed E-state index contributed by atoms with van der Waals surface area (Å²) < 4.78 is 0. The zero-order chi connectivity index (χ0) is 17.5. The van der Waals surface area contributed by atoms with Crippen LogP contribution < -0.4 is 5.32 Å². The van der Waals surface area contributed by atoms with Gasteiger partial charge in [0, 0.05) is 12.2 Å². The van der Waals surface area contributed by atoms with Gasteiger partial charge >= 0.3 is 0 Å². The van der Waals surface area contributed by atoms with Crippen LogP contribution in [-0.4, -0.2) is 23.9 Å². The van der Waals surface area contributed by atoms with Crippen molar-refractivity contribution < 1.29 is 4.79 Å². The monoisotopic (exact) mass is 324 g/mol. The molecule has 24 heavy (non-hydrogen) atoms. The summed E-state index contributed by atoms with van der Waals surface area (Å²) in [5.74, 6) is 0.0436. The highest BCUT2D eigenvalue weighted by molar-refractivity contribution is 5.92. The van der Waals surface area contributed by atoms with E-state index in [-0.39, 0.29) is 5.91 Å². The number of aryl methyl sites for hydroxylation is 3. The molecule has 0 heterocycles. The van der Waals surface area contributed by atoms with E-state index in [2.05, 4.69) is 49.2 Å². The number of nitrogens with one attached hydrogen (secondary N) is 1. The molecule has 1 amide bonds. The number of hydrogen-bond donors (Lipinski definition) is 1. The number of rotatable bonds is 7. The van der Waals surface area contributed by atoms with Crippen molar-refractivity contribution in [1.82, 2.24) is 4.90 Å². The molecule has 0 aliphatic rings. The van der Waals surface area contributed by atoms with Crippen LogP contribution in [-0.2, 0) is 11.3 Å². The van der Waals surface area contributed by atoms with Gasteiger partial charge in [0.1, 0.15) is 0 Å². The molecule has 0 unspecified atom stereocenters. The van der Waals surface area contributed by atoms with E-state index in [1.54, 1.807) is 0 Å². The predicted molar refractivity (Wildman–Crippen MR) is 101 cm³/mol. The summed E-state index contributed by atoms with van der Waals surface area (Å²) >= 11 is 0. The van der Waals surface area contributed by atoms with Crippen molar-refractivity contribution in [3.63, 3.8) is 0 Å². The number of carbonyl (C=O) groups excluding carboxylic acids is 1. The molecule has 0 radical (unpaired) electrons. The molecule has 3 nitrogen and oxygen atoms in total. The van der Waals surface area contributed by atoms with E-state index in [9.17, 15) is 4.79 Å². The van der Waals surface area contributed by atoms with Crippen LogP contribution >= 0.6 is 0 Å². The number of amides is 1. The van der Waals surface area contributed by atoms with Gasteiger partial charge in [0.25, 0.3) is 0 Å². The maximum Gasteiger partial charge on any atom is 0.238 e. The van der Waals surface area contributed by atoms with Crippen molar-refractivity contribution in [2.24, 2.45) is 0 Å². The number of hydrogen-bond acceptors (Lipinski definition) is 2. The lowest BCUT2D eigenvalue weighted by Crippen LogP contribution is -2.33. The van der Waals surface area contributed by atoms with Gasteiger partial charge in [0.2, 0.25) is 5.91 Å². The zero-order valence-electron chi connectivity index (χ0n) is 15.2. The number of nitrogens with zero attached hydrogens (tertiary/aromatic N) is 1. The van der Waals surface area contributed by atoms with Crippen LogP contribution in [0.5, 0.6) is 0 Å². The van der Waals surface area contributed by atoms with Crippen LogP contribution in [0.25, 0.3) is 0 Å². The van der Waals surface area contributed by atoms with Crippen LogP contribution in [0.15, 0.2) is 42.5 Å². The molecule has 128 valence electrons. The minimum absolute atomic E-state index is 0.0436. The van der Waals surface area contributed by atoms with Gasteiger partial charge in [-0.2, -0.15) is 0 Å². The average Bonchev–Trinajstić information content (AvgIpc) is 2.48. The van der Waals surface area contributed by atoms with Crippen molar-refractivity contribution in [2.45, 2.75) is 40.7 Å². The smallest absolute Gasteiger partial charge is 0.238 e. The highest BCUT2D eigenvalue weighted by Crippen LogP contribution is 2.14. The van der Waals surface area contributed by atoms with Gasteiger partial charge < -0.3 is 5.32 Å². The van der Waals surface area contributed by atoms with Gasteiger partial charge in [-0.3, -0.25) is 9.69 Å². The Bertz CT molecular complexity index is 674. The Morgan fingerprint density at radius 1 is 1.04 bits per heavy atom. The van der Waals surface area contributed by atoms with Gasteiger partial charge in [-0.05, 0) is 50.9 Å². The molecule has 0 atom stereocenters. The van der Waals surface area contributed by atoms with Crippen molar-refractivity contribution in [2.75, 3.05) is 18.4 Å². The highest BCUT2D eigenvalue weighted by Gasteiger charge is 2.12. The summed E-state index contributed by atoms with van der Waals surface area (Å²) in [7, 11) is 0. The van der Waals surface area contributed by atoms with Crippen LogP contribution in [0.1, 0.15) is 35.6 Å². The van der Waals surface area contributed by atoms with Gasteiger partial charge in [0.05, 0.1) is 6.54 Å². The number of anilines is 1. The summed E-state index contributed by atoms with van der Waals surface area (Å²) in [6, 6.07) is 14.5. The van der Waals surface area contributed by atoms with Gasteiger partial charge in [-0.25, -0.2) is 0 Å². The largest absolute Gasteiger partial charge is 0.325 e. The van der Waals surface area contributed by atoms with Crippen LogP contribution in [0.4, 0.5) is 5.69 Å². The maximum absolute atomic E-state index is 12.4. The lowest BCUT2D eigenvalue weighted by molar-refractivity contribution is -0.117. The van der Waals surface area contributed by atoms with Crippen molar-refractivity contribution in [1.29, 1.82) is 0 Å². The van der Waals surface area contributed by atoms with E-state index >= 15 is 0 Å². The number of benzene rings is 2. The van der Waals surface area contributed by atoms with E-state index in [1.165, 1.54) is 16.7 Å². The summed E-state index contributed by atoms with van der Waals surface area (Å²) in [5, 5.41) is 3.03. The molecule has 2 aromatic rings. The van der Waals surface area contributed by atoms with Crippen LogP contribution in [0, 0.1) is 20.8 Å². The molecule has 0 aliphatic carbocycles. The Kier molecular flexibility index (Phi) is 6.56. The maximum atomic E-state index is 12.4. The Labute approximate surface area is 145 Å². The van der Waals surface area contributed by atoms with E-state index in [1.807, 2.05) is 31.2 Å². The van der Waals surface area contributed by atoms with Gasteiger partial charge in [-0.1, -0.05) is 54.4 Å². The fraction of sp³-hybridized carbons (Fsp3) is 0.381. The molecule has 2 rings (SSSR count). The quantitative estimate of drug-likeness (QED) is 0.815. The second kappa shape index (κ2) is 8.65. The van der Waals surface area contributed by atoms with Crippen molar-refractivity contribution in [3.05, 3.63) is 64.7 Å². The van der Waals surface area contributed by atoms with E-state index < -0.39 is 0 Å². The van der Waals surface area contributed by atoms with Gasteiger partial charge in [-0.15, -0.1) is 0 Å². The molecule has 0 saturated carbocycles. The summed E-state index contributed by atoms with van der Waals surface area (Å²) in [4.78, 5) is 14.6. The van der Waals surface area contributed by atoms with Crippen LogP contribution in [0.3, 0.4) is 0 Å². The van der Waals surface area contributed by atoms with E-state index in [0.29, 0.717) is 6.54 Å². The number of para-hydroxylation sites is 1. The lowest BCUT2D eigenvalue weighted by atomic mass is 10.1. The normalized spacial score (nSPS) is 10.9. The topological polar surface area (TPSA) is 32.3 Å². The summed E-state index contributed by atoms with van der Waals surface area (Å²) in [6.07, 6.45) is 1.03. The third-order valence-corrected chi connectivity index (χ3v) is 4.01. The average molecular weight is 324 g/mol. The molecule has 0 aliphatic heterocycles. The first kappa shape index (κ1) is 18.2.